The fourth-order valence-corrected chi connectivity index (χ4v) is 4.18. The SMILES string of the molecule is Cc1c[n+](C)c(-c2c(C)ccc3c2oc2c(-c4ccccc4)c(F)ccc23)cc1F. The Kier molecular flexibility index (Phi) is 4.17. The van der Waals surface area contributed by atoms with Gasteiger partial charge in [0.05, 0.1) is 11.1 Å². The second kappa shape index (κ2) is 6.77. The van der Waals surface area contributed by atoms with Crippen molar-refractivity contribution in [2.45, 2.75) is 13.8 Å². The van der Waals surface area contributed by atoms with E-state index in [1.165, 1.54) is 12.1 Å². The van der Waals surface area contributed by atoms with Crippen LogP contribution in [0.25, 0.3) is 44.3 Å². The molecule has 0 saturated heterocycles. The largest absolute Gasteiger partial charge is 0.454 e. The average molecular weight is 400 g/mol. The molecule has 0 atom stereocenters. The molecule has 0 bridgehead atoms. The highest BCUT2D eigenvalue weighted by Gasteiger charge is 2.24. The Morgan fingerprint density at radius 2 is 1.40 bits per heavy atom. The van der Waals surface area contributed by atoms with Crippen LogP contribution in [0.2, 0.25) is 0 Å². The van der Waals surface area contributed by atoms with Gasteiger partial charge in [0.1, 0.15) is 29.8 Å². The zero-order chi connectivity index (χ0) is 21.0. The Balaban J connectivity index is 1.90. The Morgan fingerprint density at radius 1 is 0.733 bits per heavy atom. The van der Waals surface area contributed by atoms with Crippen LogP contribution in [0.3, 0.4) is 0 Å². The third kappa shape index (κ3) is 2.71. The summed E-state index contributed by atoms with van der Waals surface area (Å²) >= 11 is 0. The fourth-order valence-electron chi connectivity index (χ4n) is 4.18. The molecular formula is C26H20F2NO+. The Bertz CT molecular complexity index is 1430. The van der Waals surface area contributed by atoms with Crippen LogP contribution in [0.15, 0.2) is 71.3 Å². The molecular weight excluding hydrogens is 380 g/mol. The van der Waals surface area contributed by atoms with E-state index in [9.17, 15) is 8.78 Å². The van der Waals surface area contributed by atoms with E-state index in [4.69, 9.17) is 4.42 Å². The second-order valence-corrected chi connectivity index (χ2v) is 7.70. The van der Waals surface area contributed by atoms with Crippen molar-refractivity contribution in [2.75, 3.05) is 0 Å². The lowest BCUT2D eigenvalue weighted by Crippen LogP contribution is -2.31. The fraction of sp³-hybridized carbons (Fsp3) is 0.115. The number of fused-ring (bicyclic) bond motifs is 3. The monoisotopic (exact) mass is 400 g/mol. The van der Waals surface area contributed by atoms with Gasteiger partial charge in [0.25, 0.3) is 0 Å². The number of nitrogens with zero attached hydrogens (tertiary/aromatic N) is 1. The lowest BCUT2D eigenvalue weighted by molar-refractivity contribution is -0.661. The van der Waals surface area contributed by atoms with Crippen LogP contribution in [0.5, 0.6) is 0 Å². The van der Waals surface area contributed by atoms with Gasteiger partial charge >= 0.3 is 0 Å². The normalized spacial score (nSPS) is 11.5. The standard InChI is InChI=1S/C26H20F2NO/c1-15-9-10-18-19-11-12-20(27)24(17-7-5-4-6-8-17)26(19)30-25(18)23(15)22-13-21(28)16(2)14-29(22)3/h4-14H,1-3H3/q+1. The molecule has 0 unspecified atom stereocenters. The number of benzene rings is 3. The van der Waals surface area contributed by atoms with Gasteiger partial charge in [0.15, 0.2) is 6.20 Å². The van der Waals surface area contributed by atoms with Crippen molar-refractivity contribution >= 4 is 21.9 Å². The van der Waals surface area contributed by atoms with Crippen LogP contribution < -0.4 is 4.57 Å². The number of pyridine rings is 1. The molecule has 0 aliphatic carbocycles. The van der Waals surface area contributed by atoms with Gasteiger partial charge in [-0.15, -0.1) is 0 Å². The van der Waals surface area contributed by atoms with Crippen molar-refractivity contribution in [3.8, 4) is 22.4 Å². The molecule has 0 radical (unpaired) electrons. The zero-order valence-corrected chi connectivity index (χ0v) is 17.0. The van der Waals surface area contributed by atoms with E-state index in [0.29, 0.717) is 28.0 Å². The topological polar surface area (TPSA) is 17.0 Å². The minimum Gasteiger partial charge on any atom is -0.454 e. The Hall–Kier alpha value is -3.53. The van der Waals surface area contributed by atoms with E-state index >= 15 is 0 Å². The van der Waals surface area contributed by atoms with Crippen LogP contribution in [0.4, 0.5) is 8.78 Å². The van der Waals surface area contributed by atoms with Gasteiger partial charge < -0.3 is 4.42 Å². The molecule has 0 aliphatic rings. The molecule has 5 rings (SSSR count). The molecule has 0 spiro atoms. The molecule has 5 aromatic rings. The van der Waals surface area contributed by atoms with Gasteiger partial charge in [-0.1, -0.05) is 42.5 Å². The summed E-state index contributed by atoms with van der Waals surface area (Å²) in [6.07, 6.45) is 1.76. The maximum absolute atomic E-state index is 14.9. The molecule has 0 aliphatic heterocycles. The molecule has 2 aromatic heterocycles. The van der Waals surface area contributed by atoms with Crippen molar-refractivity contribution in [2.24, 2.45) is 7.05 Å². The van der Waals surface area contributed by atoms with E-state index in [1.54, 1.807) is 19.2 Å². The number of furan rings is 1. The molecule has 30 heavy (non-hydrogen) atoms. The molecule has 3 aromatic carbocycles. The van der Waals surface area contributed by atoms with E-state index in [2.05, 4.69) is 0 Å². The second-order valence-electron chi connectivity index (χ2n) is 7.70. The maximum Gasteiger partial charge on any atom is 0.219 e. The van der Waals surface area contributed by atoms with Crippen LogP contribution >= 0.6 is 0 Å². The summed E-state index contributed by atoms with van der Waals surface area (Å²) in [5, 5.41) is 1.71. The van der Waals surface area contributed by atoms with Gasteiger partial charge in [-0.05, 0) is 37.1 Å². The molecule has 0 saturated carbocycles. The Labute approximate surface area is 173 Å². The quantitative estimate of drug-likeness (QED) is 0.304. The van der Waals surface area contributed by atoms with Crippen LogP contribution in [0, 0.1) is 25.5 Å². The van der Waals surface area contributed by atoms with Gasteiger partial charge in [0.2, 0.25) is 5.69 Å². The summed E-state index contributed by atoms with van der Waals surface area (Å²) < 4.78 is 37.5. The van der Waals surface area contributed by atoms with E-state index in [0.717, 1.165) is 27.5 Å². The predicted molar refractivity (Wildman–Crippen MR) is 115 cm³/mol. The van der Waals surface area contributed by atoms with E-state index in [-0.39, 0.29) is 11.6 Å². The first-order valence-electron chi connectivity index (χ1n) is 9.81. The number of halogens is 2. The van der Waals surface area contributed by atoms with Crippen LogP contribution in [-0.4, -0.2) is 0 Å². The summed E-state index contributed by atoms with van der Waals surface area (Å²) in [5.74, 6) is -0.607. The number of aromatic nitrogens is 1. The van der Waals surface area contributed by atoms with Gasteiger partial charge in [-0.2, -0.15) is 0 Å². The number of hydrogen-bond acceptors (Lipinski definition) is 1. The van der Waals surface area contributed by atoms with Crippen molar-refractivity contribution in [1.82, 2.24) is 0 Å². The van der Waals surface area contributed by atoms with Crippen molar-refractivity contribution in [1.29, 1.82) is 0 Å². The highest BCUT2D eigenvalue weighted by molar-refractivity contribution is 6.13. The highest BCUT2D eigenvalue weighted by atomic mass is 19.1. The smallest absolute Gasteiger partial charge is 0.219 e. The van der Waals surface area contributed by atoms with Crippen molar-refractivity contribution in [3.05, 3.63) is 89.6 Å². The van der Waals surface area contributed by atoms with E-state index in [1.807, 2.05) is 61.0 Å². The number of hydrogen-bond donors (Lipinski definition) is 0. The molecule has 0 amide bonds. The summed E-state index contributed by atoms with van der Waals surface area (Å²) in [6, 6.07) is 18.1. The Morgan fingerprint density at radius 3 is 2.13 bits per heavy atom. The summed E-state index contributed by atoms with van der Waals surface area (Å²) in [4.78, 5) is 0. The van der Waals surface area contributed by atoms with E-state index < -0.39 is 0 Å². The van der Waals surface area contributed by atoms with Gasteiger partial charge in [-0.25, -0.2) is 13.3 Å². The summed E-state index contributed by atoms with van der Waals surface area (Å²) in [7, 11) is 1.89. The molecule has 2 nitrogen and oxygen atoms in total. The highest BCUT2D eigenvalue weighted by Crippen LogP contribution is 2.41. The first kappa shape index (κ1) is 18.5. The lowest BCUT2D eigenvalue weighted by Gasteiger charge is -2.06. The third-order valence-corrected chi connectivity index (χ3v) is 5.69. The van der Waals surface area contributed by atoms with Crippen LogP contribution in [-0.2, 0) is 7.05 Å². The number of rotatable bonds is 2. The lowest BCUT2D eigenvalue weighted by atomic mass is 9.98. The molecule has 148 valence electrons. The number of aryl methyl sites for hydroxylation is 3. The zero-order valence-electron chi connectivity index (χ0n) is 17.0. The van der Waals surface area contributed by atoms with Crippen molar-refractivity contribution < 1.29 is 17.8 Å². The van der Waals surface area contributed by atoms with Gasteiger partial charge in [-0.3, -0.25) is 0 Å². The molecule has 2 heterocycles. The van der Waals surface area contributed by atoms with Crippen molar-refractivity contribution in [3.63, 3.8) is 0 Å². The minimum atomic E-state index is -0.335. The minimum absolute atomic E-state index is 0.272. The maximum atomic E-state index is 14.9. The van der Waals surface area contributed by atoms with Crippen LogP contribution in [0.1, 0.15) is 11.1 Å². The third-order valence-electron chi connectivity index (χ3n) is 5.69. The van der Waals surface area contributed by atoms with Gasteiger partial charge in [0, 0.05) is 22.4 Å². The first-order chi connectivity index (χ1) is 14.5. The summed E-state index contributed by atoms with van der Waals surface area (Å²) in [5.41, 5.74) is 5.37. The molecule has 0 N–H and O–H groups in total. The predicted octanol–water partition coefficient (Wildman–Crippen LogP) is 6.64. The summed E-state index contributed by atoms with van der Waals surface area (Å²) in [6.45, 7) is 3.71. The first-order valence-corrected chi connectivity index (χ1v) is 9.81. The molecule has 4 heteroatoms. The average Bonchev–Trinajstić information content (AvgIpc) is 3.10. The molecule has 0 fully saturated rings.